The van der Waals surface area contributed by atoms with Gasteiger partial charge in [0.15, 0.2) is 6.29 Å². The smallest absolute Gasteiger partial charge is 0.339 e. The number of hydrazone groups is 1. The number of anilines is 1. The zero-order valence-corrected chi connectivity index (χ0v) is 15.9. The molecular formula is C20H27N3O5. The fourth-order valence-corrected chi connectivity index (χ4v) is 2.69. The van der Waals surface area contributed by atoms with Crippen LogP contribution in [-0.2, 0) is 14.3 Å². The molecule has 152 valence electrons. The minimum Gasteiger partial charge on any atom is -0.481 e. The lowest BCUT2D eigenvalue weighted by Gasteiger charge is -2.32. The van der Waals surface area contributed by atoms with Crippen LogP contribution in [-0.4, -0.2) is 42.3 Å². The van der Waals surface area contributed by atoms with E-state index in [1.54, 1.807) is 18.3 Å². The largest absolute Gasteiger partial charge is 0.481 e. The van der Waals surface area contributed by atoms with Gasteiger partial charge in [0.1, 0.15) is 6.10 Å². The number of carbonyl (C=O) groups excluding carboxylic acids is 1. The van der Waals surface area contributed by atoms with Gasteiger partial charge in [-0.1, -0.05) is 30.4 Å². The van der Waals surface area contributed by atoms with Crippen molar-refractivity contribution in [2.75, 3.05) is 11.9 Å². The van der Waals surface area contributed by atoms with Crippen molar-refractivity contribution >= 4 is 23.9 Å². The zero-order valence-electron chi connectivity index (χ0n) is 15.9. The molecular weight excluding hydrogens is 362 g/mol. The standard InChI is InChI=1S/C20H27N3O5/c1-15-27-14-16(9-5-2-3-8-12-19(24)25)18(28-15)13-21-23-20(26)22-17-10-6-4-7-11-17/h2,4-7,10-11,13,15-16,18H,3,8-9,12,14H2,1H3,(H,24,25)(H2,22,23,26). The summed E-state index contributed by atoms with van der Waals surface area (Å²) in [6.45, 7) is 2.34. The number of ether oxygens (including phenoxy) is 2. The van der Waals surface area contributed by atoms with Crippen molar-refractivity contribution in [3.63, 3.8) is 0 Å². The maximum absolute atomic E-state index is 11.9. The van der Waals surface area contributed by atoms with Crippen LogP contribution in [0.1, 0.15) is 32.6 Å². The molecule has 1 aromatic rings. The average molecular weight is 389 g/mol. The third-order valence-electron chi connectivity index (χ3n) is 4.14. The van der Waals surface area contributed by atoms with Crippen LogP contribution in [0.25, 0.3) is 0 Å². The molecule has 0 saturated carbocycles. The lowest BCUT2D eigenvalue weighted by atomic mass is 9.98. The Morgan fingerprint density at radius 1 is 1.29 bits per heavy atom. The van der Waals surface area contributed by atoms with Crippen LogP contribution in [0, 0.1) is 5.92 Å². The fourth-order valence-electron chi connectivity index (χ4n) is 2.69. The molecule has 2 rings (SSSR count). The summed E-state index contributed by atoms with van der Waals surface area (Å²) in [7, 11) is 0. The maximum atomic E-state index is 11.9. The first-order valence-electron chi connectivity index (χ1n) is 9.33. The summed E-state index contributed by atoms with van der Waals surface area (Å²) in [6, 6.07) is 8.66. The predicted molar refractivity (Wildman–Crippen MR) is 106 cm³/mol. The van der Waals surface area contributed by atoms with Crippen molar-refractivity contribution in [1.82, 2.24) is 5.43 Å². The van der Waals surface area contributed by atoms with Crippen LogP contribution >= 0.6 is 0 Å². The molecule has 0 aliphatic carbocycles. The van der Waals surface area contributed by atoms with Crippen LogP contribution in [0.3, 0.4) is 0 Å². The molecule has 1 aromatic carbocycles. The minimum atomic E-state index is -0.781. The quantitative estimate of drug-likeness (QED) is 0.260. The van der Waals surface area contributed by atoms with E-state index in [2.05, 4.69) is 15.8 Å². The van der Waals surface area contributed by atoms with Crippen LogP contribution in [0.2, 0.25) is 0 Å². The predicted octanol–water partition coefficient (Wildman–Crippen LogP) is 3.37. The Morgan fingerprint density at radius 3 is 2.82 bits per heavy atom. The second-order valence-corrected chi connectivity index (χ2v) is 6.46. The Labute approximate surface area is 164 Å². The van der Waals surface area contributed by atoms with Gasteiger partial charge in [-0.3, -0.25) is 4.79 Å². The normalized spacial score (nSPS) is 22.4. The molecule has 1 saturated heterocycles. The Bertz CT molecular complexity index is 678. The highest BCUT2D eigenvalue weighted by atomic mass is 16.7. The summed E-state index contributed by atoms with van der Waals surface area (Å²) >= 11 is 0. The van der Waals surface area contributed by atoms with E-state index in [1.807, 2.05) is 37.3 Å². The van der Waals surface area contributed by atoms with Crippen molar-refractivity contribution in [2.24, 2.45) is 11.0 Å². The lowest BCUT2D eigenvalue weighted by molar-refractivity contribution is -0.206. The molecule has 28 heavy (non-hydrogen) atoms. The SMILES string of the molecule is CC1OCC(CC=CCCCC(=O)O)C(C=NNC(=O)Nc2ccccc2)O1. The van der Waals surface area contributed by atoms with E-state index in [4.69, 9.17) is 14.6 Å². The van der Waals surface area contributed by atoms with Gasteiger partial charge in [0.25, 0.3) is 0 Å². The van der Waals surface area contributed by atoms with Crippen molar-refractivity contribution in [3.05, 3.63) is 42.5 Å². The maximum Gasteiger partial charge on any atom is 0.339 e. The first-order valence-corrected chi connectivity index (χ1v) is 9.33. The van der Waals surface area contributed by atoms with Crippen molar-refractivity contribution in [3.8, 4) is 0 Å². The number of amides is 2. The fraction of sp³-hybridized carbons (Fsp3) is 0.450. The Hall–Kier alpha value is -2.71. The van der Waals surface area contributed by atoms with Gasteiger partial charge in [-0.05, 0) is 38.3 Å². The molecule has 1 aliphatic rings. The molecule has 0 aromatic heterocycles. The van der Waals surface area contributed by atoms with E-state index in [0.29, 0.717) is 25.1 Å². The van der Waals surface area contributed by atoms with E-state index in [9.17, 15) is 9.59 Å². The number of unbranched alkanes of at least 4 members (excludes halogenated alkanes) is 1. The second-order valence-electron chi connectivity index (χ2n) is 6.46. The number of urea groups is 1. The lowest BCUT2D eigenvalue weighted by Crippen LogP contribution is -2.40. The highest BCUT2D eigenvalue weighted by molar-refractivity contribution is 5.89. The number of carbonyl (C=O) groups is 2. The van der Waals surface area contributed by atoms with E-state index < -0.39 is 12.0 Å². The van der Waals surface area contributed by atoms with E-state index in [-0.39, 0.29) is 24.7 Å². The molecule has 1 fully saturated rings. The van der Waals surface area contributed by atoms with Crippen molar-refractivity contribution < 1.29 is 24.2 Å². The summed E-state index contributed by atoms with van der Waals surface area (Å²) in [5.41, 5.74) is 3.11. The minimum absolute atomic E-state index is 0.0645. The Kier molecular flexibility index (Phi) is 9.17. The first-order chi connectivity index (χ1) is 13.5. The number of nitrogens with zero attached hydrogens (tertiary/aromatic N) is 1. The van der Waals surface area contributed by atoms with Gasteiger partial charge in [0.2, 0.25) is 0 Å². The van der Waals surface area contributed by atoms with Gasteiger partial charge < -0.3 is 19.9 Å². The summed E-state index contributed by atoms with van der Waals surface area (Å²) in [5, 5.41) is 15.3. The molecule has 3 N–H and O–H groups in total. The third-order valence-corrected chi connectivity index (χ3v) is 4.14. The second kappa shape index (κ2) is 11.9. The van der Waals surface area contributed by atoms with Crippen molar-refractivity contribution in [2.45, 2.75) is 45.0 Å². The van der Waals surface area contributed by atoms with Gasteiger partial charge >= 0.3 is 12.0 Å². The van der Waals surface area contributed by atoms with E-state index in [0.717, 1.165) is 6.42 Å². The third kappa shape index (κ3) is 8.32. The topological polar surface area (TPSA) is 109 Å². The van der Waals surface area contributed by atoms with Crippen LogP contribution in [0.4, 0.5) is 10.5 Å². The molecule has 8 nitrogen and oxygen atoms in total. The number of benzene rings is 1. The molecule has 1 heterocycles. The van der Waals surface area contributed by atoms with Crippen LogP contribution in [0.5, 0.6) is 0 Å². The highest BCUT2D eigenvalue weighted by Crippen LogP contribution is 2.21. The van der Waals surface area contributed by atoms with E-state index >= 15 is 0 Å². The van der Waals surface area contributed by atoms with Gasteiger partial charge in [0, 0.05) is 18.0 Å². The summed E-state index contributed by atoms with van der Waals surface area (Å²) < 4.78 is 11.3. The molecule has 0 spiro atoms. The number of hydrogen-bond donors (Lipinski definition) is 3. The number of aliphatic carboxylic acids is 1. The molecule has 1 aliphatic heterocycles. The van der Waals surface area contributed by atoms with Crippen LogP contribution < -0.4 is 10.7 Å². The number of rotatable bonds is 9. The number of hydrogen-bond acceptors (Lipinski definition) is 5. The monoisotopic (exact) mass is 389 g/mol. The van der Waals surface area contributed by atoms with Gasteiger partial charge in [-0.2, -0.15) is 5.10 Å². The number of nitrogens with one attached hydrogen (secondary N) is 2. The summed E-state index contributed by atoms with van der Waals surface area (Å²) in [5.74, 6) is -0.716. The molecule has 2 amide bonds. The Morgan fingerprint density at radius 2 is 2.07 bits per heavy atom. The molecule has 0 radical (unpaired) electrons. The first kappa shape index (κ1) is 21.6. The van der Waals surface area contributed by atoms with Crippen molar-refractivity contribution in [1.29, 1.82) is 0 Å². The molecule has 3 atom stereocenters. The molecule has 8 heteroatoms. The highest BCUT2D eigenvalue weighted by Gasteiger charge is 2.28. The number of allylic oxidation sites excluding steroid dienone is 2. The summed E-state index contributed by atoms with van der Waals surface area (Å²) in [6.07, 6.45) is 7.15. The average Bonchev–Trinajstić information content (AvgIpc) is 2.66. The zero-order chi connectivity index (χ0) is 20.2. The van der Waals surface area contributed by atoms with Gasteiger partial charge in [-0.25, -0.2) is 10.2 Å². The summed E-state index contributed by atoms with van der Waals surface area (Å²) in [4.78, 5) is 22.4. The van der Waals surface area contributed by atoms with Crippen LogP contribution in [0.15, 0.2) is 47.6 Å². The number of carboxylic acids is 1. The number of carboxylic acid groups (broad SMARTS) is 1. The Balaban J connectivity index is 1.78. The van der Waals surface area contributed by atoms with E-state index in [1.165, 1.54) is 0 Å². The van der Waals surface area contributed by atoms with Gasteiger partial charge in [-0.15, -0.1) is 0 Å². The molecule has 3 unspecified atom stereocenters. The van der Waals surface area contributed by atoms with Gasteiger partial charge in [0.05, 0.1) is 12.8 Å². The number of para-hydroxylation sites is 1. The molecule has 0 bridgehead atoms.